The summed E-state index contributed by atoms with van der Waals surface area (Å²) in [6, 6.07) is 4.05. The van der Waals surface area contributed by atoms with Crippen molar-refractivity contribution < 1.29 is 9.47 Å². The molecule has 0 aliphatic rings. The second-order valence-electron chi connectivity index (χ2n) is 3.48. The van der Waals surface area contributed by atoms with Crippen LogP contribution in [0.15, 0.2) is 22.8 Å². The molecule has 1 aromatic heterocycles. The molecule has 0 aromatic carbocycles. The zero-order valence-corrected chi connectivity index (χ0v) is 11.3. The number of halogens is 1. The quantitative estimate of drug-likeness (QED) is 0.813. The Kier molecular flexibility index (Phi) is 5.90. The first-order chi connectivity index (χ1) is 7.67. The van der Waals surface area contributed by atoms with Crippen LogP contribution >= 0.6 is 15.9 Å². The lowest BCUT2D eigenvalue weighted by atomic mass is 10.3. The van der Waals surface area contributed by atoms with Crippen molar-refractivity contribution in [3.63, 3.8) is 0 Å². The Hall–Kier alpha value is -0.490. The lowest BCUT2D eigenvalue weighted by Gasteiger charge is -2.21. The van der Waals surface area contributed by atoms with Crippen LogP contribution in [0.25, 0.3) is 0 Å². The first-order valence-corrected chi connectivity index (χ1v) is 5.86. The molecular weight excluding hydrogens is 272 g/mol. The van der Waals surface area contributed by atoms with Gasteiger partial charge < -0.3 is 14.8 Å². The highest BCUT2D eigenvalue weighted by Crippen LogP contribution is 2.07. The molecule has 4 nitrogen and oxygen atoms in total. The van der Waals surface area contributed by atoms with Gasteiger partial charge in [0.25, 0.3) is 0 Å². The Morgan fingerprint density at radius 1 is 1.38 bits per heavy atom. The van der Waals surface area contributed by atoms with Crippen LogP contribution in [-0.2, 0) is 16.0 Å². The van der Waals surface area contributed by atoms with E-state index in [1.807, 2.05) is 19.1 Å². The average Bonchev–Trinajstić information content (AvgIpc) is 2.30. The fourth-order valence-corrected chi connectivity index (χ4v) is 1.61. The number of ether oxygens (including phenoxy) is 2. The van der Waals surface area contributed by atoms with Gasteiger partial charge in [-0.05, 0) is 35.0 Å². The number of methoxy groups -OCH3 is 2. The van der Waals surface area contributed by atoms with Gasteiger partial charge in [-0.1, -0.05) is 0 Å². The number of pyridine rings is 1. The third kappa shape index (κ3) is 4.17. The van der Waals surface area contributed by atoms with E-state index in [4.69, 9.17) is 9.47 Å². The minimum Gasteiger partial charge on any atom is -0.354 e. The van der Waals surface area contributed by atoms with Crippen LogP contribution in [0, 0.1) is 0 Å². The highest BCUT2D eigenvalue weighted by atomic mass is 79.9. The van der Waals surface area contributed by atoms with Crippen molar-refractivity contribution in [2.75, 3.05) is 14.2 Å². The second-order valence-corrected chi connectivity index (χ2v) is 4.39. The summed E-state index contributed by atoms with van der Waals surface area (Å²) in [6.45, 7) is 2.70. The van der Waals surface area contributed by atoms with Gasteiger partial charge in [-0.2, -0.15) is 0 Å². The molecule has 5 heteroatoms. The van der Waals surface area contributed by atoms with Crippen molar-refractivity contribution in [3.05, 3.63) is 28.5 Å². The largest absolute Gasteiger partial charge is 0.354 e. The highest BCUT2D eigenvalue weighted by Gasteiger charge is 2.14. The lowest BCUT2D eigenvalue weighted by Crippen LogP contribution is -2.39. The second kappa shape index (κ2) is 6.96. The van der Waals surface area contributed by atoms with Gasteiger partial charge in [-0.15, -0.1) is 0 Å². The molecule has 0 spiro atoms. The van der Waals surface area contributed by atoms with Crippen molar-refractivity contribution >= 4 is 15.9 Å². The lowest BCUT2D eigenvalue weighted by molar-refractivity contribution is -0.119. The first-order valence-electron chi connectivity index (χ1n) is 5.06. The van der Waals surface area contributed by atoms with Crippen molar-refractivity contribution in [2.45, 2.75) is 25.8 Å². The van der Waals surface area contributed by atoms with Gasteiger partial charge >= 0.3 is 0 Å². The predicted octanol–water partition coefficient (Wildman–Crippen LogP) is 1.94. The smallest absolute Gasteiger partial charge is 0.171 e. The minimum atomic E-state index is -0.240. The molecule has 1 rings (SSSR count). The third-order valence-corrected chi connectivity index (χ3v) is 2.74. The molecule has 0 saturated carbocycles. The van der Waals surface area contributed by atoms with Crippen LogP contribution in [0.4, 0.5) is 0 Å². The van der Waals surface area contributed by atoms with E-state index in [0.717, 1.165) is 10.2 Å². The molecular formula is C11H17BrN2O2. The summed E-state index contributed by atoms with van der Waals surface area (Å²) in [7, 11) is 3.26. The van der Waals surface area contributed by atoms with E-state index in [1.54, 1.807) is 20.4 Å². The normalized spacial score (nSPS) is 13.1. The molecule has 0 bridgehead atoms. The SMILES string of the molecule is COC(OC)[C@@H](C)NCc1ccc(Br)cn1. The Bertz CT molecular complexity index is 301. The third-order valence-electron chi connectivity index (χ3n) is 2.27. The molecule has 0 saturated heterocycles. The molecule has 0 fully saturated rings. The highest BCUT2D eigenvalue weighted by molar-refractivity contribution is 9.10. The number of hydrogen-bond donors (Lipinski definition) is 1. The Labute approximate surface area is 104 Å². The monoisotopic (exact) mass is 288 g/mol. The summed E-state index contributed by atoms with van der Waals surface area (Å²) in [5.41, 5.74) is 0.987. The Morgan fingerprint density at radius 2 is 2.06 bits per heavy atom. The maximum Gasteiger partial charge on any atom is 0.171 e. The van der Waals surface area contributed by atoms with Crippen molar-refractivity contribution in [1.29, 1.82) is 0 Å². The zero-order chi connectivity index (χ0) is 12.0. The van der Waals surface area contributed by atoms with Crippen LogP contribution in [0.5, 0.6) is 0 Å². The van der Waals surface area contributed by atoms with Gasteiger partial charge in [-0.25, -0.2) is 0 Å². The van der Waals surface area contributed by atoms with E-state index in [2.05, 4.69) is 26.2 Å². The molecule has 1 N–H and O–H groups in total. The fourth-order valence-electron chi connectivity index (χ4n) is 1.38. The Balaban J connectivity index is 2.42. The van der Waals surface area contributed by atoms with Gasteiger partial charge in [0.05, 0.1) is 11.7 Å². The predicted molar refractivity (Wildman–Crippen MR) is 66.0 cm³/mol. The average molecular weight is 289 g/mol. The fraction of sp³-hybridized carbons (Fsp3) is 0.545. The standard InChI is InChI=1S/C11H17BrN2O2/c1-8(11(15-2)16-3)13-7-10-5-4-9(12)6-14-10/h4-6,8,11,13H,7H2,1-3H3/t8-/m1/s1. The number of hydrogen-bond acceptors (Lipinski definition) is 4. The molecule has 90 valence electrons. The molecule has 0 aliphatic heterocycles. The summed E-state index contributed by atoms with van der Waals surface area (Å²) in [6.07, 6.45) is 1.54. The van der Waals surface area contributed by atoms with Crippen LogP contribution in [0.2, 0.25) is 0 Å². The molecule has 0 amide bonds. The molecule has 1 atom stereocenters. The summed E-state index contributed by atoms with van der Waals surface area (Å²) >= 11 is 3.35. The molecule has 1 aromatic rings. The topological polar surface area (TPSA) is 43.4 Å². The van der Waals surface area contributed by atoms with Crippen LogP contribution < -0.4 is 5.32 Å². The maximum absolute atomic E-state index is 5.16. The zero-order valence-electron chi connectivity index (χ0n) is 9.74. The summed E-state index contributed by atoms with van der Waals surface area (Å²) < 4.78 is 11.3. The number of nitrogens with zero attached hydrogens (tertiary/aromatic N) is 1. The van der Waals surface area contributed by atoms with E-state index >= 15 is 0 Å². The van der Waals surface area contributed by atoms with Crippen molar-refractivity contribution in [2.24, 2.45) is 0 Å². The number of rotatable bonds is 6. The molecule has 0 aliphatic carbocycles. The first kappa shape index (κ1) is 13.6. The molecule has 0 radical (unpaired) electrons. The maximum atomic E-state index is 5.16. The van der Waals surface area contributed by atoms with Crippen LogP contribution in [0.3, 0.4) is 0 Å². The number of nitrogens with one attached hydrogen (secondary N) is 1. The minimum absolute atomic E-state index is 0.112. The van der Waals surface area contributed by atoms with Gasteiger partial charge in [0.2, 0.25) is 0 Å². The van der Waals surface area contributed by atoms with Crippen molar-refractivity contribution in [1.82, 2.24) is 10.3 Å². The number of aromatic nitrogens is 1. The van der Waals surface area contributed by atoms with Gasteiger partial charge in [-0.3, -0.25) is 4.98 Å². The van der Waals surface area contributed by atoms with E-state index in [9.17, 15) is 0 Å². The van der Waals surface area contributed by atoms with Crippen LogP contribution in [0.1, 0.15) is 12.6 Å². The molecule has 1 heterocycles. The summed E-state index contributed by atoms with van der Waals surface area (Å²) in [5, 5.41) is 3.29. The van der Waals surface area contributed by atoms with Crippen LogP contribution in [-0.4, -0.2) is 31.5 Å². The molecule has 16 heavy (non-hydrogen) atoms. The summed E-state index contributed by atoms with van der Waals surface area (Å²) in [4.78, 5) is 4.27. The Morgan fingerprint density at radius 3 is 2.56 bits per heavy atom. The van der Waals surface area contributed by atoms with E-state index < -0.39 is 0 Å². The van der Waals surface area contributed by atoms with E-state index in [0.29, 0.717) is 6.54 Å². The van der Waals surface area contributed by atoms with Crippen molar-refractivity contribution in [3.8, 4) is 0 Å². The van der Waals surface area contributed by atoms with E-state index in [-0.39, 0.29) is 12.3 Å². The van der Waals surface area contributed by atoms with Gasteiger partial charge in [0.1, 0.15) is 0 Å². The summed E-state index contributed by atoms with van der Waals surface area (Å²) in [5.74, 6) is 0. The van der Waals surface area contributed by atoms with E-state index in [1.165, 1.54) is 0 Å². The van der Waals surface area contributed by atoms with Gasteiger partial charge in [0, 0.05) is 31.4 Å². The van der Waals surface area contributed by atoms with Gasteiger partial charge in [0.15, 0.2) is 6.29 Å². The molecule has 0 unspecified atom stereocenters.